The van der Waals surface area contributed by atoms with E-state index in [1.54, 1.807) is 0 Å². The van der Waals surface area contributed by atoms with Gasteiger partial charge in [0.25, 0.3) is 11.6 Å². The molecule has 212 valence electrons. The van der Waals surface area contributed by atoms with Crippen LogP contribution in [0.5, 0.6) is 23.0 Å². The van der Waals surface area contributed by atoms with Crippen molar-refractivity contribution < 1.29 is 58.6 Å². The highest BCUT2D eigenvalue weighted by Gasteiger charge is 2.57. The fourth-order valence-corrected chi connectivity index (χ4v) is 6.02. The first kappa shape index (κ1) is 27.4. The fourth-order valence-electron chi connectivity index (χ4n) is 6.02. The summed E-state index contributed by atoms with van der Waals surface area (Å²) in [4.78, 5) is 47.6. The van der Waals surface area contributed by atoms with Gasteiger partial charge in [0.15, 0.2) is 0 Å². The molecule has 0 saturated heterocycles. The third-order valence-electron chi connectivity index (χ3n) is 7.91. The number of phenolic OH excluding ortho intramolecular Hbond substituents is 2. The van der Waals surface area contributed by atoms with Crippen molar-refractivity contribution in [1.82, 2.24) is 0 Å². The van der Waals surface area contributed by atoms with Crippen molar-refractivity contribution in [3.8, 4) is 23.0 Å². The molecular weight excluding hydrogens is 528 g/mol. The van der Waals surface area contributed by atoms with Crippen LogP contribution in [0.3, 0.4) is 0 Å². The Morgan fingerprint density at radius 1 is 0.750 bits per heavy atom. The Hall–Kier alpha value is -4.16. The van der Waals surface area contributed by atoms with E-state index in [4.69, 9.17) is 9.47 Å². The summed E-state index contributed by atoms with van der Waals surface area (Å²) in [7, 11) is 2.41. The molecule has 12 nitrogen and oxygen atoms in total. The molecule has 2 aromatic carbocycles. The summed E-state index contributed by atoms with van der Waals surface area (Å²) >= 11 is 0. The molecule has 0 radical (unpaired) electrons. The van der Waals surface area contributed by atoms with Crippen molar-refractivity contribution >= 4 is 23.5 Å². The molecule has 0 bridgehead atoms. The normalized spacial score (nSPS) is 27.5. The molecule has 4 atom stereocenters. The average molecular weight is 557 g/mol. The quantitative estimate of drug-likeness (QED) is 0.396. The number of aliphatic hydroxyl groups is 2. The van der Waals surface area contributed by atoms with Crippen molar-refractivity contribution in [1.29, 1.82) is 0 Å². The van der Waals surface area contributed by atoms with Gasteiger partial charge in [-0.05, 0) is 49.9 Å². The highest BCUT2D eigenvalue weighted by molar-refractivity contribution is 5.98. The number of fused-ring (bicyclic) bond motifs is 6. The van der Waals surface area contributed by atoms with E-state index in [0.717, 1.165) is 0 Å². The number of rotatable bonds is 2. The minimum Gasteiger partial charge on any atom is -0.507 e. The summed E-state index contributed by atoms with van der Waals surface area (Å²) in [6.45, 7) is 0. The largest absolute Gasteiger partial charge is 0.507 e. The van der Waals surface area contributed by atoms with Crippen LogP contribution in [0.1, 0.15) is 82.2 Å². The van der Waals surface area contributed by atoms with Crippen molar-refractivity contribution in [3.63, 3.8) is 0 Å². The van der Waals surface area contributed by atoms with Gasteiger partial charge in [0.2, 0.25) is 11.6 Å². The molecule has 2 saturated carbocycles. The van der Waals surface area contributed by atoms with E-state index < -0.39 is 46.9 Å². The van der Waals surface area contributed by atoms with Gasteiger partial charge < -0.3 is 39.4 Å². The number of ketones is 2. The molecule has 2 aliphatic carbocycles. The fraction of sp³-hybridized carbons (Fsp3) is 0.429. The molecule has 0 aromatic heterocycles. The number of aromatic hydroxyl groups is 2. The summed E-state index contributed by atoms with van der Waals surface area (Å²) in [6, 6.07) is 5.47. The molecule has 0 unspecified atom stereocenters. The summed E-state index contributed by atoms with van der Waals surface area (Å²) in [6.07, 6.45) is 2.68. The van der Waals surface area contributed by atoms with Gasteiger partial charge in [0.05, 0.1) is 26.1 Å². The molecule has 12 heteroatoms. The number of hydrogen-bond donors (Lipinski definition) is 4. The van der Waals surface area contributed by atoms with Crippen LogP contribution in [-0.2, 0) is 19.1 Å². The first-order valence-electron chi connectivity index (χ1n) is 12.8. The zero-order valence-corrected chi connectivity index (χ0v) is 21.8. The number of benzene rings is 2. The number of phenols is 2. The van der Waals surface area contributed by atoms with Crippen LogP contribution in [-0.4, -0.2) is 69.7 Å². The Labute approximate surface area is 228 Å². The Kier molecular flexibility index (Phi) is 6.71. The molecular formula is C28H28O12. The predicted molar refractivity (Wildman–Crippen MR) is 133 cm³/mol. The maximum Gasteiger partial charge on any atom is 0.342 e. The van der Waals surface area contributed by atoms with Gasteiger partial charge >= 0.3 is 11.9 Å². The standard InChI is InChI=1S/2C14H14O6/c2*1-19-13(17)12-8(15)5-6-9-11(12)7-3-2-4-10(16)14(7,18)20-9/h2*5-7,15,18H,2-4H2,1H3/t2*7-,14+/m11/s1. The molecule has 40 heavy (non-hydrogen) atoms. The van der Waals surface area contributed by atoms with Crippen molar-refractivity contribution in [2.45, 2.75) is 61.9 Å². The van der Waals surface area contributed by atoms with Gasteiger partial charge in [-0.15, -0.1) is 0 Å². The molecule has 2 heterocycles. The van der Waals surface area contributed by atoms with Gasteiger partial charge in [-0.1, -0.05) is 0 Å². The van der Waals surface area contributed by atoms with E-state index in [1.807, 2.05) is 0 Å². The number of Topliss-reactive ketones (excluding diaryl/α,β-unsaturated/α-hetero) is 2. The first-order chi connectivity index (χ1) is 19.0. The Morgan fingerprint density at radius 2 is 1.12 bits per heavy atom. The average Bonchev–Trinajstić information content (AvgIpc) is 3.41. The third-order valence-corrected chi connectivity index (χ3v) is 7.91. The lowest BCUT2D eigenvalue weighted by Crippen LogP contribution is -2.48. The van der Waals surface area contributed by atoms with Gasteiger partial charge in [0, 0.05) is 24.0 Å². The Bertz CT molecular complexity index is 1320. The van der Waals surface area contributed by atoms with Crippen molar-refractivity contribution in [2.24, 2.45) is 0 Å². The van der Waals surface area contributed by atoms with Crippen LogP contribution in [0.15, 0.2) is 24.3 Å². The predicted octanol–water partition coefficient (Wildman–Crippen LogP) is 2.19. The van der Waals surface area contributed by atoms with Crippen LogP contribution in [0.2, 0.25) is 0 Å². The Morgan fingerprint density at radius 3 is 1.48 bits per heavy atom. The number of carbonyl (C=O) groups excluding carboxylic acids is 4. The minimum atomic E-state index is -1.93. The number of methoxy groups -OCH3 is 2. The van der Waals surface area contributed by atoms with E-state index in [9.17, 15) is 39.6 Å². The highest BCUT2D eigenvalue weighted by atomic mass is 16.6. The lowest BCUT2D eigenvalue weighted by atomic mass is 9.78. The maximum absolute atomic E-state index is 11.9. The van der Waals surface area contributed by atoms with E-state index >= 15 is 0 Å². The molecule has 0 amide bonds. The summed E-state index contributed by atoms with van der Waals surface area (Å²) in [5.74, 6) is -7.43. The van der Waals surface area contributed by atoms with E-state index in [0.29, 0.717) is 36.8 Å². The molecule has 4 N–H and O–H groups in total. The topological polar surface area (TPSA) is 186 Å². The first-order valence-corrected chi connectivity index (χ1v) is 12.8. The second-order valence-corrected chi connectivity index (χ2v) is 10.1. The zero-order valence-electron chi connectivity index (χ0n) is 21.8. The number of esters is 2. The zero-order chi connectivity index (χ0) is 29.0. The smallest absolute Gasteiger partial charge is 0.342 e. The van der Waals surface area contributed by atoms with Crippen LogP contribution < -0.4 is 9.47 Å². The number of ether oxygens (including phenoxy) is 4. The van der Waals surface area contributed by atoms with Gasteiger partial charge in [-0.2, -0.15) is 0 Å². The van der Waals surface area contributed by atoms with Crippen LogP contribution in [0.4, 0.5) is 0 Å². The maximum atomic E-state index is 11.9. The van der Waals surface area contributed by atoms with Crippen molar-refractivity contribution in [3.05, 3.63) is 46.5 Å². The van der Waals surface area contributed by atoms with Crippen LogP contribution >= 0.6 is 0 Å². The lowest BCUT2D eigenvalue weighted by molar-refractivity contribution is -0.178. The van der Waals surface area contributed by atoms with Crippen LogP contribution in [0.25, 0.3) is 0 Å². The lowest BCUT2D eigenvalue weighted by Gasteiger charge is -2.31. The summed E-state index contributed by atoms with van der Waals surface area (Å²) in [5, 5.41) is 40.7. The number of carbonyl (C=O) groups is 4. The van der Waals surface area contributed by atoms with E-state index in [2.05, 4.69) is 9.47 Å². The molecule has 6 rings (SSSR count). The molecule has 0 spiro atoms. The van der Waals surface area contributed by atoms with Crippen LogP contribution in [0, 0.1) is 0 Å². The van der Waals surface area contributed by atoms with E-state index in [-0.39, 0.29) is 47.0 Å². The molecule has 4 aliphatic rings. The molecule has 2 aromatic rings. The van der Waals surface area contributed by atoms with E-state index in [1.165, 1.54) is 38.5 Å². The number of hydrogen-bond acceptors (Lipinski definition) is 12. The van der Waals surface area contributed by atoms with Gasteiger partial charge in [0.1, 0.15) is 34.1 Å². The van der Waals surface area contributed by atoms with Crippen molar-refractivity contribution in [2.75, 3.05) is 14.2 Å². The summed E-state index contributed by atoms with van der Waals surface area (Å²) < 4.78 is 20.1. The second kappa shape index (κ2) is 9.79. The minimum absolute atomic E-state index is 0.0411. The monoisotopic (exact) mass is 556 g/mol. The Balaban J connectivity index is 0.000000161. The molecule has 2 aliphatic heterocycles. The second-order valence-electron chi connectivity index (χ2n) is 10.1. The third kappa shape index (κ3) is 3.97. The highest BCUT2D eigenvalue weighted by Crippen LogP contribution is 2.53. The summed E-state index contributed by atoms with van der Waals surface area (Å²) in [5.41, 5.74) is 0.626. The molecule has 2 fully saturated rings. The SMILES string of the molecule is COC(=O)c1c(O)ccc2c1[C@H]1CCCC(=O)[C@@]1(O)O2.COC(=O)c1c(O)ccc2c1[C@H]1CCCC(=O)[C@@]1(O)O2. The van der Waals surface area contributed by atoms with Gasteiger partial charge in [-0.25, -0.2) is 9.59 Å². The van der Waals surface area contributed by atoms with Gasteiger partial charge in [-0.3, -0.25) is 9.59 Å².